The first-order valence-electron chi connectivity index (χ1n) is 11.0. The van der Waals surface area contributed by atoms with E-state index >= 15 is 0 Å². The number of halogens is 2. The highest BCUT2D eigenvalue weighted by atomic mass is 32.1. The lowest BCUT2D eigenvalue weighted by molar-refractivity contribution is 0.0949. The molecule has 0 saturated carbocycles. The van der Waals surface area contributed by atoms with Crippen LogP contribution in [0.5, 0.6) is 0 Å². The van der Waals surface area contributed by atoms with E-state index in [1.807, 2.05) is 11.8 Å². The van der Waals surface area contributed by atoms with Gasteiger partial charge in [-0.1, -0.05) is 24.3 Å². The van der Waals surface area contributed by atoms with Gasteiger partial charge in [-0.2, -0.15) is 0 Å². The van der Waals surface area contributed by atoms with Crippen LogP contribution in [0.15, 0.2) is 23.2 Å². The Kier molecular flexibility index (Phi) is 8.64. The summed E-state index contributed by atoms with van der Waals surface area (Å²) in [7, 11) is 1.57. The van der Waals surface area contributed by atoms with Gasteiger partial charge in [0.1, 0.15) is 33.5 Å². The molecule has 0 bridgehead atoms. The Morgan fingerprint density at radius 1 is 1.41 bits per heavy atom. The Hall–Kier alpha value is -2.96. The van der Waals surface area contributed by atoms with Gasteiger partial charge in [-0.25, -0.2) is 13.8 Å². The number of carbonyl (C=O) groups is 1. The third-order valence-electron chi connectivity index (χ3n) is 5.67. The number of aliphatic imine (C=N–C) groups is 1. The second-order valence-electron chi connectivity index (χ2n) is 7.82. The average molecular weight is 494 g/mol. The number of hydrogen-bond acceptors (Lipinski definition) is 8. The summed E-state index contributed by atoms with van der Waals surface area (Å²) in [6.07, 6.45) is 1.71. The number of likely N-dealkylation sites (tertiary alicyclic amines) is 1. The van der Waals surface area contributed by atoms with Gasteiger partial charge >= 0.3 is 0 Å². The Morgan fingerprint density at radius 2 is 2.09 bits per heavy atom. The highest BCUT2D eigenvalue weighted by molar-refractivity contribution is 7.19. The summed E-state index contributed by atoms with van der Waals surface area (Å²) in [6.45, 7) is 3.80. The van der Waals surface area contributed by atoms with E-state index in [1.54, 1.807) is 7.05 Å². The first-order valence-corrected chi connectivity index (χ1v) is 11.8. The fourth-order valence-electron chi connectivity index (χ4n) is 3.99. The lowest BCUT2D eigenvalue weighted by Crippen LogP contribution is -2.50. The zero-order valence-electron chi connectivity index (χ0n) is 19.0. The predicted molar refractivity (Wildman–Crippen MR) is 130 cm³/mol. The van der Waals surface area contributed by atoms with Crippen LogP contribution in [0.1, 0.15) is 30.3 Å². The van der Waals surface area contributed by atoms with E-state index in [-0.39, 0.29) is 27.3 Å². The third kappa shape index (κ3) is 5.57. The normalized spacial score (nSPS) is 20.0. The smallest absolute Gasteiger partial charge is 0.273 e. The van der Waals surface area contributed by atoms with E-state index in [9.17, 15) is 18.7 Å². The van der Waals surface area contributed by atoms with E-state index in [0.29, 0.717) is 31.8 Å². The molecular weight excluding hydrogens is 464 g/mol. The van der Waals surface area contributed by atoms with Crippen LogP contribution in [0.3, 0.4) is 0 Å². The number of amidine groups is 1. The van der Waals surface area contributed by atoms with E-state index in [2.05, 4.69) is 20.6 Å². The van der Waals surface area contributed by atoms with Gasteiger partial charge in [0.05, 0.1) is 11.7 Å². The number of aromatic nitrogens is 1. The van der Waals surface area contributed by atoms with Crippen molar-refractivity contribution in [1.82, 2.24) is 20.5 Å². The van der Waals surface area contributed by atoms with Crippen LogP contribution in [0.2, 0.25) is 0 Å². The molecule has 1 aromatic heterocycles. The first kappa shape index (κ1) is 25.7. The van der Waals surface area contributed by atoms with Crippen LogP contribution < -0.4 is 16.4 Å². The second-order valence-corrected chi connectivity index (χ2v) is 8.85. The molecule has 1 fully saturated rings. The van der Waals surface area contributed by atoms with Gasteiger partial charge in [0, 0.05) is 32.4 Å². The van der Waals surface area contributed by atoms with Crippen LogP contribution in [0.25, 0.3) is 10.6 Å². The molecule has 2 heterocycles. The maximum Gasteiger partial charge on any atom is 0.273 e. The van der Waals surface area contributed by atoms with Crippen LogP contribution in [0, 0.1) is 17.0 Å². The minimum Gasteiger partial charge on any atom is -0.391 e. The number of aliphatic hydroxyl groups excluding tert-OH is 1. The number of hydrogen-bond donors (Lipinski definition) is 5. The van der Waals surface area contributed by atoms with Gasteiger partial charge in [0.25, 0.3) is 5.91 Å². The molecule has 1 aromatic carbocycles. The van der Waals surface area contributed by atoms with Gasteiger partial charge in [-0.05, 0) is 31.5 Å². The van der Waals surface area contributed by atoms with Crippen molar-refractivity contribution in [1.29, 1.82) is 5.41 Å². The number of amides is 1. The summed E-state index contributed by atoms with van der Waals surface area (Å²) in [5.41, 5.74) is 5.42. The lowest BCUT2D eigenvalue weighted by Gasteiger charge is -2.28. The number of rotatable bonds is 7. The van der Waals surface area contributed by atoms with Crippen molar-refractivity contribution in [2.45, 2.75) is 38.0 Å². The highest BCUT2D eigenvalue weighted by Gasteiger charge is 2.30. The van der Waals surface area contributed by atoms with E-state index < -0.39 is 29.7 Å². The van der Waals surface area contributed by atoms with Gasteiger partial charge < -0.3 is 31.8 Å². The number of benzene rings is 1. The number of aliphatic hydroxyl groups is 1. The SMILES string of the molecule is CCNC1CCN(C(=NC)C(C=N)NC(=O)c2nc(-c3c(F)cccc3F)sc2N)CCC1O. The summed E-state index contributed by atoms with van der Waals surface area (Å²) >= 11 is 0.802. The molecule has 184 valence electrons. The molecule has 0 radical (unpaired) electrons. The topological polar surface area (TPSA) is 140 Å². The molecule has 3 rings (SSSR count). The van der Waals surface area contributed by atoms with Gasteiger partial charge in [-0.15, -0.1) is 0 Å². The monoisotopic (exact) mass is 493 g/mol. The molecule has 1 saturated heterocycles. The van der Waals surface area contributed by atoms with E-state index in [4.69, 9.17) is 11.1 Å². The molecule has 3 unspecified atom stereocenters. The molecule has 12 heteroatoms. The van der Waals surface area contributed by atoms with Crippen molar-refractivity contribution in [2.24, 2.45) is 4.99 Å². The van der Waals surface area contributed by atoms with Crippen LogP contribution in [-0.2, 0) is 0 Å². The number of anilines is 1. The van der Waals surface area contributed by atoms with Crippen molar-refractivity contribution in [2.75, 3.05) is 32.4 Å². The number of thiazole rings is 1. The number of nitrogens with zero attached hydrogens (tertiary/aromatic N) is 3. The Labute approximate surface area is 200 Å². The fourth-order valence-corrected chi connectivity index (χ4v) is 4.87. The first-order chi connectivity index (χ1) is 16.3. The highest BCUT2D eigenvalue weighted by Crippen LogP contribution is 2.33. The van der Waals surface area contributed by atoms with Crippen molar-refractivity contribution in [3.63, 3.8) is 0 Å². The molecule has 1 amide bonds. The Balaban J connectivity index is 1.78. The third-order valence-corrected chi connectivity index (χ3v) is 6.57. The van der Waals surface area contributed by atoms with E-state index in [0.717, 1.165) is 36.2 Å². The minimum absolute atomic E-state index is 0.000229. The molecule has 3 atom stereocenters. The number of carbonyl (C=O) groups excluding carboxylic acids is 1. The van der Waals surface area contributed by atoms with Gasteiger partial charge in [0.15, 0.2) is 5.69 Å². The second kappa shape index (κ2) is 11.4. The zero-order chi connectivity index (χ0) is 24.8. The van der Waals surface area contributed by atoms with Crippen molar-refractivity contribution in [3.8, 4) is 10.6 Å². The molecule has 0 aliphatic carbocycles. The van der Waals surface area contributed by atoms with Crippen LogP contribution >= 0.6 is 11.3 Å². The minimum atomic E-state index is -0.875. The van der Waals surface area contributed by atoms with E-state index in [1.165, 1.54) is 6.07 Å². The van der Waals surface area contributed by atoms with Gasteiger partial charge in [-0.3, -0.25) is 9.79 Å². The van der Waals surface area contributed by atoms with Crippen LogP contribution in [-0.4, -0.2) is 77.8 Å². The standard InChI is InChI=1S/C22H29F2N7O2S/c1-3-28-14-7-9-31(10-8-16(14)32)20(27-2)15(11-25)29-21(33)18-19(26)34-22(30-18)17-12(23)5-4-6-13(17)24/h4-6,11,14-16,25,28,32H,3,7-10,26H2,1-2H3,(H,29,33). The Morgan fingerprint density at radius 3 is 2.71 bits per heavy atom. The zero-order valence-corrected chi connectivity index (χ0v) is 19.8. The maximum atomic E-state index is 14.1. The van der Waals surface area contributed by atoms with Crippen molar-refractivity contribution < 1.29 is 18.7 Å². The summed E-state index contributed by atoms with van der Waals surface area (Å²) in [5.74, 6) is -1.84. The molecule has 9 nitrogen and oxygen atoms in total. The number of nitrogens with one attached hydrogen (secondary N) is 3. The number of nitrogen functional groups attached to an aromatic ring is 1. The summed E-state index contributed by atoms with van der Waals surface area (Å²) in [4.78, 5) is 23.2. The van der Waals surface area contributed by atoms with Crippen molar-refractivity contribution >= 4 is 34.3 Å². The lowest BCUT2D eigenvalue weighted by atomic mass is 10.1. The molecule has 0 spiro atoms. The number of nitrogens with two attached hydrogens (primary N) is 1. The predicted octanol–water partition coefficient (Wildman–Crippen LogP) is 1.88. The maximum absolute atomic E-state index is 14.1. The molecular formula is C22H29F2N7O2S. The molecule has 6 N–H and O–H groups in total. The molecule has 1 aliphatic heterocycles. The largest absolute Gasteiger partial charge is 0.391 e. The molecule has 2 aromatic rings. The quantitative estimate of drug-likeness (QED) is 0.295. The summed E-state index contributed by atoms with van der Waals surface area (Å²) in [6, 6.07) is 2.52. The Bertz CT molecular complexity index is 1040. The number of likely N-dealkylation sites (N-methyl/N-ethyl adjacent to an activating group) is 1. The summed E-state index contributed by atoms with van der Waals surface area (Å²) < 4.78 is 28.3. The summed E-state index contributed by atoms with van der Waals surface area (Å²) in [5, 5.41) is 24.2. The fraction of sp³-hybridized carbons (Fsp3) is 0.455. The van der Waals surface area contributed by atoms with Crippen molar-refractivity contribution in [3.05, 3.63) is 35.5 Å². The van der Waals surface area contributed by atoms with Crippen LogP contribution in [0.4, 0.5) is 13.8 Å². The average Bonchev–Trinajstić information content (AvgIpc) is 3.09. The molecule has 1 aliphatic rings. The van der Waals surface area contributed by atoms with Gasteiger partial charge in [0.2, 0.25) is 0 Å². The molecule has 34 heavy (non-hydrogen) atoms.